The van der Waals surface area contributed by atoms with Crippen molar-refractivity contribution in [3.8, 4) is 11.5 Å². The zero-order valence-electron chi connectivity index (χ0n) is 20.0. The fourth-order valence-electron chi connectivity index (χ4n) is 3.70. The summed E-state index contributed by atoms with van der Waals surface area (Å²) in [6.45, 7) is 8.87. The number of halogens is 1. The van der Waals surface area contributed by atoms with Crippen molar-refractivity contribution >= 4 is 50.9 Å². The molecule has 1 saturated heterocycles. The first-order valence-corrected chi connectivity index (χ1v) is 13.1. The molecule has 184 valence electrons. The highest BCUT2D eigenvalue weighted by molar-refractivity contribution is 9.10. The molecule has 35 heavy (non-hydrogen) atoms. The van der Waals surface area contributed by atoms with Gasteiger partial charge < -0.3 is 19.5 Å². The Bertz CT molecular complexity index is 1170. The highest BCUT2D eigenvalue weighted by atomic mass is 79.9. The third-order valence-corrected chi connectivity index (χ3v) is 6.90. The molecule has 0 bridgehead atoms. The summed E-state index contributed by atoms with van der Waals surface area (Å²) >= 11 is 4.59. The molecule has 0 aliphatic carbocycles. The van der Waals surface area contributed by atoms with Crippen LogP contribution in [-0.4, -0.2) is 58.8 Å². The molecule has 0 unspecified atom stereocenters. The topological polar surface area (TPSA) is 91.6 Å². The molecule has 1 aromatic heterocycles. The zero-order chi connectivity index (χ0) is 25.0. The van der Waals surface area contributed by atoms with Gasteiger partial charge in [0.2, 0.25) is 17.7 Å². The van der Waals surface area contributed by atoms with Crippen LogP contribution in [0.3, 0.4) is 0 Å². The van der Waals surface area contributed by atoms with Gasteiger partial charge in [-0.05, 0) is 48.5 Å². The number of carbonyl (C=O) groups is 2. The standard InChI is InChI=1S/C25H28BrN5O3S/c1-25(2,3)23(33)31-14-12-30(13-15-31)20-10-8-19(9-11-20)27-21(32)16-35-24-29-28-22(34-24)17-4-6-18(26)7-5-17/h4-11H,12-16H2,1-3H3,(H,27,32). The van der Waals surface area contributed by atoms with Crippen LogP contribution in [0, 0.1) is 5.41 Å². The maximum absolute atomic E-state index is 12.5. The van der Waals surface area contributed by atoms with Crippen molar-refractivity contribution in [3.05, 3.63) is 53.0 Å². The van der Waals surface area contributed by atoms with E-state index in [-0.39, 0.29) is 23.0 Å². The second kappa shape index (κ2) is 10.8. The quantitative estimate of drug-likeness (QED) is 0.430. The van der Waals surface area contributed by atoms with E-state index in [1.807, 2.05) is 74.2 Å². The number of aromatic nitrogens is 2. The van der Waals surface area contributed by atoms with Gasteiger partial charge in [-0.3, -0.25) is 9.59 Å². The fourth-order valence-corrected chi connectivity index (χ4v) is 4.53. The summed E-state index contributed by atoms with van der Waals surface area (Å²) in [7, 11) is 0. The number of hydrogen-bond acceptors (Lipinski definition) is 7. The number of nitrogens with one attached hydrogen (secondary N) is 1. The van der Waals surface area contributed by atoms with Gasteiger partial charge in [-0.1, -0.05) is 48.5 Å². The van der Waals surface area contributed by atoms with Crippen LogP contribution in [0.2, 0.25) is 0 Å². The molecule has 4 rings (SSSR count). The van der Waals surface area contributed by atoms with Crippen LogP contribution >= 0.6 is 27.7 Å². The van der Waals surface area contributed by atoms with Crippen molar-refractivity contribution in [3.63, 3.8) is 0 Å². The SMILES string of the molecule is CC(C)(C)C(=O)N1CCN(c2ccc(NC(=O)CSc3nnc(-c4ccc(Br)cc4)o3)cc2)CC1. The maximum atomic E-state index is 12.5. The van der Waals surface area contributed by atoms with Crippen LogP contribution in [0.1, 0.15) is 20.8 Å². The molecule has 8 nitrogen and oxygen atoms in total. The molecule has 2 amide bonds. The number of carbonyl (C=O) groups excluding carboxylic acids is 2. The second-order valence-electron chi connectivity index (χ2n) is 9.29. The zero-order valence-corrected chi connectivity index (χ0v) is 22.4. The number of piperazine rings is 1. The van der Waals surface area contributed by atoms with Crippen molar-refractivity contribution < 1.29 is 14.0 Å². The number of hydrogen-bond donors (Lipinski definition) is 1. The van der Waals surface area contributed by atoms with E-state index in [1.54, 1.807) is 0 Å². The molecular weight excluding hydrogens is 530 g/mol. The average Bonchev–Trinajstić information content (AvgIpc) is 3.32. The van der Waals surface area contributed by atoms with Crippen LogP contribution in [0.5, 0.6) is 0 Å². The smallest absolute Gasteiger partial charge is 0.277 e. The molecule has 1 aliphatic rings. The van der Waals surface area contributed by atoms with Gasteiger partial charge in [-0.25, -0.2) is 0 Å². The van der Waals surface area contributed by atoms with Crippen molar-refractivity contribution in [1.29, 1.82) is 0 Å². The maximum Gasteiger partial charge on any atom is 0.277 e. The van der Waals surface area contributed by atoms with Gasteiger partial charge in [0.25, 0.3) is 5.22 Å². The lowest BCUT2D eigenvalue weighted by Crippen LogP contribution is -2.51. The van der Waals surface area contributed by atoms with E-state index in [2.05, 4.69) is 36.3 Å². The predicted molar refractivity (Wildman–Crippen MR) is 141 cm³/mol. The Kier molecular flexibility index (Phi) is 7.81. The summed E-state index contributed by atoms with van der Waals surface area (Å²) < 4.78 is 6.62. The summed E-state index contributed by atoms with van der Waals surface area (Å²) in [5, 5.41) is 11.3. The van der Waals surface area contributed by atoms with E-state index in [0.717, 1.165) is 34.5 Å². The van der Waals surface area contributed by atoms with Crippen molar-refractivity contribution in [1.82, 2.24) is 15.1 Å². The Morgan fingerprint density at radius 2 is 1.66 bits per heavy atom. The van der Waals surface area contributed by atoms with Crippen LogP contribution in [0.15, 0.2) is 62.6 Å². The number of amides is 2. The van der Waals surface area contributed by atoms with Crippen LogP contribution in [0.25, 0.3) is 11.5 Å². The number of benzene rings is 2. The lowest BCUT2D eigenvalue weighted by atomic mass is 9.94. The highest BCUT2D eigenvalue weighted by Gasteiger charge is 2.29. The van der Waals surface area contributed by atoms with Crippen molar-refractivity contribution in [2.24, 2.45) is 5.41 Å². The van der Waals surface area contributed by atoms with Gasteiger partial charge in [-0.15, -0.1) is 10.2 Å². The summed E-state index contributed by atoms with van der Waals surface area (Å²) in [6, 6.07) is 15.3. The Morgan fingerprint density at radius 1 is 1.00 bits per heavy atom. The first-order chi connectivity index (χ1) is 16.7. The van der Waals surface area contributed by atoms with Gasteiger partial charge in [-0.2, -0.15) is 0 Å². The Balaban J connectivity index is 1.24. The molecule has 0 radical (unpaired) electrons. The van der Waals surface area contributed by atoms with E-state index < -0.39 is 0 Å². The van der Waals surface area contributed by atoms with Crippen LogP contribution in [0.4, 0.5) is 11.4 Å². The van der Waals surface area contributed by atoms with E-state index in [4.69, 9.17) is 4.42 Å². The molecule has 0 atom stereocenters. The van der Waals surface area contributed by atoms with Gasteiger partial charge >= 0.3 is 0 Å². The number of anilines is 2. The third kappa shape index (κ3) is 6.64. The summed E-state index contributed by atoms with van der Waals surface area (Å²) in [5.74, 6) is 0.617. The molecule has 0 saturated carbocycles. The van der Waals surface area contributed by atoms with Gasteiger partial charge in [0.05, 0.1) is 5.75 Å². The largest absolute Gasteiger partial charge is 0.411 e. The normalized spacial score (nSPS) is 14.2. The molecule has 2 heterocycles. The van der Waals surface area contributed by atoms with Gasteiger partial charge in [0.1, 0.15) is 0 Å². The molecule has 1 fully saturated rings. The Morgan fingerprint density at radius 3 is 2.29 bits per heavy atom. The second-order valence-corrected chi connectivity index (χ2v) is 11.1. The predicted octanol–water partition coefficient (Wildman–Crippen LogP) is 4.92. The summed E-state index contributed by atoms with van der Waals surface area (Å²) in [4.78, 5) is 29.1. The first-order valence-electron chi connectivity index (χ1n) is 11.4. The molecule has 1 aliphatic heterocycles. The van der Waals surface area contributed by atoms with E-state index in [9.17, 15) is 9.59 Å². The fraction of sp³-hybridized carbons (Fsp3) is 0.360. The number of rotatable bonds is 6. The minimum Gasteiger partial charge on any atom is -0.411 e. The lowest BCUT2D eigenvalue weighted by molar-refractivity contribution is -0.139. The van der Waals surface area contributed by atoms with E-state index in [1.165, 1.54) is 11.8 Å². The first kappa shape index (κ1) is 25.2. The van der Waals surface area contributed by atoms with Crippen LogP contribution < -0.4 is 10.2 Å². The Labute approximate surface area is 217 Å². The molecule has 10 heteroatoms. The van der Waals surface area contributed by atoms with Crippen LogP contribution in [-0.2, 0) is 9.59 Å². The molecular formula is C25H28BrN5O3S. The highest BCUT2D eigenvalue weighted by Crippen LogP contribution is 2.25. The molecule has 0 spiro atoms. The molecule has 3 aromatic rings. The summed E-state index contributed by atoms with van der Waals surface area (Å²) in [5.41, 5.74) is 2.26. The lowest BCUT2D eigenvalue weighted by Gasteiger charge is -2.38. The Hall–Kier alpha value is -2.85. The van der Waals surface area contributed by atoms with Crippen molar-refractivity contribution in [2.45, 2.75) is 26.0 Å². The minimum absolute atomic E-state index is 0.152. The third-order valence-electron chi connectivity index (χ3n) is 5.55. The summed E-state index contributed by atoms with van der Waals surface area (Å²) in [6.07, 6.45) is 0. The van der Waals surface area contributed by atoms with Gasteiger partial charge in [0.15, 0.2) is 0 Å². The van der Waals surface area contributed by atoms with E-state index in [0.29, 0.717) is 24.2 Å². The van der Waals surface area contributed by atoms with Gasteiger partial charge in [0, 0.05) is 53.0 Å². The minimum atomic E-state index is -0.356. The molecule has 1 N–H and O–H groups in total. The molecule has 2 aromatic carbocycles. The van der Waals surface area contributed by atoms with Crippen molar-refractivity contribution in [2.75, 3.05) is 42.1 Å². The monoisotopic (exact) mass is 557 g/mol. The average molecular weight is 559 g/mol. The number of nitrogens with zero attached hydrogens (tertiary/aromatic N) is 4. The number of thioether (sulfide) groups is 1. The van der Waals surface area contributed by atoms with E-state index >= 15 is 0 Å².